The van der Waals surface area contributed by atoms with E-state index in [1.165, 1.54) is 12.8 Å². The van der Waals surface area contributed by atoms with Gasteiger partial charge in [0.2, 0.25) is 0 Å². The van der Waals surface area contributed by atoms with Crippen molar-refractivity contribution < 1.29 is 12.8 Å². The molecule has 0 N–H and O–H groups in total. The molecular weight excluding hydrogens is 288 g/mol. The van der Waals surface area contributed by atoms with Crippen LogP contribution in [0, 0.1) is 5.92 Å². The Morgan fingerprint density at radius 3 is 2.67 bits per heavy atom. The summed E-state index contributed by atoms with van der Waals surface area (Å²) in [6.45, 7) is 1.33. The maximum Gasteiger partial charge on any atom is 0.282 e. The summed E-state index contributed by atoms with van der Waals surface area (Å²) in [5.74, 6) is 1.36. The Balaban J connectivity index is 1.59. The minimum Gasteiger partial charge on any atom is -0.468 e. The van der Waals surface area contributed by atoms with Gasteiger partial charge in [-0.2, -0.15) is 17.0 Å². The summed E-state index contributed by atoms with van der Waals surface area (Å²) in [5.41, 5.74) is 0. The van der Waals surface area contributed by atoms with Gasteiger partial charge in [0, 0.05) is 19.1 Å². The molecule has 4 rings (SSSR count). The van der Waals surface area contributed by atoms with Gasteiger partial charge < -0.3 is 4.42 Å². The molecule has 0 bridgehead atoms. The topological polar surface area (TPSA) is 53.8 Å². The summed E-state index contributed by atoms with van der Waals surface area (Å²) in [5, 5.41) is 0. The number of rotatable bonds is 6. The highest BCUT2D eigenvalue weighted by atomic mass is 32.2. The highest BCUT2D eigenvalue weighted by Gasteiger charge is 2.46. The van der Waals surface area contributed by atoms with Gasteiger partial charge in [-0.15, -0.1) is 0 Å². The van der Waals surface area contributed by atoms with Crippen molar-refractivity contribution in [1.29, 1.82) is 0 Å². The molecule has 116 valence electrons. The van der Waals surface area contributed by atoms with E-state index in [0.717, 1.165) is 31.4 Å². The van der Waals surface area contributed by atoms with E-state index in [1.807, 2.05) is 12.1 Å². The molecule has 0 spiro atoms. The smallest absolute Gasteiger partial charge is 0.282 e. The Morgan fingerprint density at radius 2 is 2.05 bits per heavy atom. The van der Waals surface area contributed by atoms with Gasteiger partial charge in [0.15, 0.2) is 0 Å². The fourth-order valence-electron chi connectivity index (χ4n) is 3.27. The second kappa shape index (κ2) is 5.11. The average molecular weight is 310 g/mol. The molecule has 1 aliphatic heterocycles. The molecular formula is C15H22N2O3S. The highest BCUT2D eigenvalue weighted by molar-refractivity contribution is 7.86. The van der Waals surface area contributed by atoms with E-state index in [1.54, 1.807) is 14.9 Å². The van der Waals surface area contributed by atoms with Crippen molar-refractivity contribution in [3.63, 3.8) is 0 Å². The number of furan rings is 1. The monoisotopic (exact) mass is 310 g/mol. The molecule has 2 aliphatic carbocycles. The lowest BCUT2D eigenvalue weighted by molar-refractivity contribution is 0.293. The van der Waals surface area contributed by atoms with E-state index in [9.17, 15) is 8.42 Å². The Bertz CT molecular complexity index is 590. The quantitative estimate of drug-likeness (QED) is 0.811. The van der Waals surface area contributed by atoms with Gasteiger partial charge in [-0.3, -0.25) is 0 Å². The minimum atomic E-state index is -3.36. The maximum atomic E-state index is 13.1. The van der Waals surface area contributed by atoms with Crippen LogP contribution in [-0.2, 0) is 10.2 Å². The third-order valence-corrected chi connectivity index (χ3v) is 6.83. The van der Waals surface area contributed by atoms with Crippen LogP contribution in [0.3, 0.4) is 0 Å². The number of hydrogen-bond acceptors (Lipinski definition) is 3. The number of hydrogen-bond donors (Lipinski definition) is 0. The van der Waals surface area contributed by atoms with Gasteiger partial charge in [-0.1, -0.05) is 0 Å². The first-order valence-corrected chi connectivity index (χ1v) is 9.38. The van der Waals surface area contributed by atoms with Crippen LogP contribution in [0.15, 0.2) is 22.8 Å². The zero-order chi connectivity index (χ0) is 14.4. The van der Waals surface area contributed by atoms with E-state index in [-0.39, 0.29) is 12.1 Å². The molecule has 1 aromatic heterocycles. The lowest BCUT2D eigenvalue weighted by Crippen LogP contribution is -2.45. The van der Waals surface area contributed by atoms with Gasteiger partial charge >= 0.3 is 0 Å². The van der Waals surface area contributed by atoms with Crippen LogP contribution >= 0.6 is 0 Å². The van der Waals surface area contributed by atoms with E-state index in [2.05, 4.69) is 0 Å². The standard InChI is InChI=1S/C15H22N2O3S/c18-21(19,17(13-7-8-13)11-12-5-6-12)16-9-1-3-14(16)15-4-2-10-20-15/h2,4,10,12-14H,1,3,5-9,11H2/t14-/m0/s1. The summed E-state index contributed by atoms with van der Waals surface area (Å²) in [7, 11) is -3.36. The van der Waals surface area contributed by atoms with E-state index >= 15 is 0 Å². The molecule has 5 nitrogen and oxygen atoms in total. The van der Waals surface area contributed by atoms with E-state index in [0.29, 0.717) is 19.0 Å². The van der Waals surface area contributed by atoms with Crippen LogP contribution in [0.4, 0.5) is 0 Å². The van der Waals surface area contributed by atoms with Crippen LogP contribution < -0.4 is 0 Å². The van der Waals surface area contributed by atoms with Gasteiger partial charge in [0.1, 0.15) is 5.76 Å². The Labute approximate surface area is 126 Å². The molecule has 3 fully saturated rings. The van der Waals surface area contributed by atoms with Crippen molar-refractivity contribution in [2.75, 3.05) is 13.1 Å². The summed E-state index contributed by atoms with van der Waals surface area (Å²) in [6, 6.07) is 3.85. The molecule has 1 aromatic rings. The Morgan fingerprint density at radius 1 is 1.24 bits per heavy atom. The molecule has 0 radical (unpaired) electrons. The molecule has 3 aliphatic rings. The predicted molar refractivity (Wildman–Crippen MR) is 78.8 cm³/mol. The fourth-order valence-corrected chi connectivity index (χ4v) is 5.41. The molecule has 2 saturated carbocycles. The van der Waals surface area contributed by atoms with Crippen LogP contribution in [0.1, 0.15) is 50.3 Å². The third kappa shape index (κ3) is 2.64. The van der Waals surface area contributed by atoms with Crippen LogP contribution in [0.5, 0.6) is 0 Å². The van der Waals surface area contributed by atoms with E-state index in [4.69, 9.17) is 4.42 Å². The van der Waals surface area contributed by atoms with Gasteiger partial charge in [-0.05, 0) is 56.6 Å². The summed E-state index contributed by atoms with van der Waals surface area (Å²) >= 11 is 0. The van der Waals surface area contributed by atoms with Crippen LogP contribution in [0.25, 0.3) is 0 Å². The van der Waals surface area contributed by atoms with Crippen molar-refractivity contribution in [1.82, 2.24) is 8.61 Å². The minimum absolute atomic E-state index is 0.120. The number of nitrogens with zero attached hydrogens (tertiary/aromatic N) is 2. The molecule has 1 saturated heterocycles. The predicted octanol–water partition coefficient (Wildman–Crippen LogP) is 2.54. The van der Waals surface area contributed by atoms with Gasteiger partial charge in [0.25, 0.3) is 10.2 Å². The Kier molecular flexibility index (Phi) is 3.35. The normalized spacial score (nSPS) is 27.6. The first-order valence-electron chi connectivity index (χ1n) is 7.98. The lowest BCUT2D eigenvalue weighted by Gasteiger charge is -2.30. The fraction of sp³-hybridized carbons (Fsp3) is 0.733. The summed E-state index contributed by atoms with van der Waals surface area (Å²) in [4.78, 5) is 0. The summed E-state index contributed by atoms with van der Waals surface area (Å²) in [6.07, 6.45) is 7.79. The maximum absolute atomic E-state index is 13.1. The van der Waals surface area contributed by atoms with Crippen molar-refractivity contribution >= 4 is 10.2 Å². The van der Waals surface area contributed by atoms with Gasteiger partial charge in [0.05, 0.1) is 12.3 Å². The van der Waals surface area contributed by atoms with E-state index < -0.39 is 10.2 Å². The zero-order valence-electron chi connectivity index (χ0n) is 12.1. The SMILES string of the molecule is O=S(=O)(N(CC1CC1)C1CC1)N1CCC[C@H]1c1ccco1. The lowest BCUT2D eigenvalue weighted by atomic mass is 10.2. The summed E-state index contributed by atoms with van der Waals surface area (Å²) < 4.78 is 35.1. The first-order chi connectivity index (χ1) is 10.2. The second-order valence-corrected chi connectivity index (χ2v) is 8.37. The van der Waals surface area contributed by atoms with Crippen molar-refractivity contribution in [2.45, 2.75) is 50.6 Å². The Hall–Kier alpha value is -0.850. The second-order valence-electron chi connectivity index (χ2n) is 6.54. The van der Waals surface area contributed by atoms with Crippen molar-refractivity contribution in [3.8, 4) is 0 Å². The zero-order valence-corrected chi connectivity index (χ0v) is 13.0. The molecule has 6 heteroatoms. The third-order valence-electron chi connectivity index (χ3n) is 4.76. The first kappa shape index (κ1) is 13.8. The molecule has 1 atom stereocenters. The molecule has 0 aromatic carbocycles. The van der Waals surface area contributed by atoms with Gasteiger partial charge in [-0.25, -0.2) is 0 Å². The van der Waals surface area contributed by atoms with Crippen molar-refractivity contribution in [2.24, 2.45) is 5.92 Å². The highest BCUT2D eigenvalue weighted by Crippen LogP contribution is 2.41. The molecule has 0 amide bonds. The van der Waals surface area contributed by atoms with Crippen LogP contribution in [-0.4, -0.2) is 36.2 Å². The van der Waals surface area contributed by atoms with Crippen LogP contribution in [0.2, 0.25) is 0 Å². The molecule has 0 unspecified atom stereocenters. The molecule has 2 heterocycles. The average Bonchev–Trinajstić information content (AvgIpc) is 3.34. The largest absolute Gasteiger partial charge is 0.468 e. The van der Waals surface area contributed by atoms with Crippen molar-refractivity contribution in [3.05, 3.63) is 24.2 Å². The molecule has 21 heavy (non-hydrogen) atoms.